The Kier molecular flexibility index (Phi) is 6.40. The third-order valence-corrected chi connectivity index (χ3v) is 6.68. The van der Waals surface area contributed by atoms with E-state index < -0.39 is 0 Å². The van der Waals surface area contributed by atoms with E-state index in [1.165, 1.54) is 11.3 Å². The molecule has 3 heterocycles. The fraction of sp³-hybridized carbons (Fsp3) is 0.308. The van der Waals surface area contributed by atoms with Gasteiger partial charge in [0.05, 0.1) is 23.2 Å². The third kappa shape index (κ3) is 4.59. The van der Waals surface area contributed by atoms with Crippen LogP contribution in [0.5, 0.6) is 5.75 Å². The van der Waals surface area contributed by atoms with Crippen LogP contribution < -0.4 is 15.6 Å². The van der Waals surface area contributed by atoms with E-state index >= 15 is 0 Å². The molecule has 7 nitrogen and oxygen atoms in total. The lowest BCUT2D eigenvalue weighted by molar-refractivity contribution is 0.102. The minimum Gasteiger partial charge on any atom is -0.494 e. The lowest BCUT2D eigenvalue weighted by Crippen LogP contribution is -2.24. The van der Waals surface area contributed by atoms with Crippen LogP contribution >= 0.6 is 11.3 Å². The Labute approximate surface area is 201 Å². The molecule has 1 aliphatic heterocycles. The molecule has 0 radical (unpaired) electrons. The second kappa shape index (κ2) is 9.77. The number of nitrogens with one attached hydrogen (secondary N) is 1. The Bertz CT molecular complexity index is 1390. The van der Waals surface area contributed by atoms with E-state index in [0.717, 1.165) is 54.9 Å². The molecule has 1 N–H and O–H groups in total. The van der Waals surface area contributed by atoms with Gasteiger partial charge in [0.2, 0.25) is 0 Å². The molecule has 0 bridgehead atoms. The Balaban J connectivity index is 1.34. The minimum absolute atomic E-state index is 0.0236. The molecule has 2 aromatic carbocycles. The van der Waals surface area contributed by atoms with Crippen molar-refractivity contribution < 1.29 is 9.53 Å². The van der Waals surface area contributed by atoms with E-state index in [9.17, 15) is 9.59 Å². The molecular formula is C26H26N4O3S. The number of rotatable bonds is 6. The molecule has 4 aromatic rings. The van der Waals surface area contributed by atoms with Gasteiger partial charge >= 0.3 is 0 Å². The van der Waals surface area contributed by atoms with E-state index in [2.05, 4.69) is 17.2 Å². The van der Waals surface area contributed by atoms with Crippen LogP contribution in [-0.2, 0) is 13.0 Å². The first-order valence-electron chi connectivity index (χ1n) is 11.7. The summed E-state index contributed by atoms with van der Waals surface area (Å²) < 4.78 is 7.41. The van der Waals surface area contributed by atoms with E-state index in [-0.39, 0.29) is 11.5 Å². The van der Waals surface area contributed by atoms with Crippen LogP contribution in [0.4, 0.5) is 5.13 Å². The number of aromatic nitrogens is 3. The van der Waals surface area contributed by atoms with Gasteiger partial charge in [-0.15, -0.1) is 11.3 Å². The quantitative estimate of drug-likeness (QED) is 0.410. The van der Waals surface area contributed by atoms with Crippen LogP contribution in [0.15, 0.2) is 52.6 Å². The number of benzene rings is 2. The highest BCUT2D eigenvalue weighted by Crippen LogP contribution is 2.27. The normalized spacial score (nSPS) is 13.3. The molecule has 0 unspecified atom stereocenters. The van der Waals surface area contributed by atoms with Crippen LogP contribution in [-0.4, -0.2) is 27.0 Å². The molecule has 5 rings (SSSR count). The maximum Gasteiger partial charge on any atom is 0.261 e. The molecule has 174 valence electrons. The Morgan fingerprint density at radius 1 is 1.12 bits per heavy atom. The molecular weight excluding hydrogens is 448 g/mol. The molecule has 0 fully saturated rings. The van der Waals surface area contributed by atoms with Gasteiger partial charge in [-0.25, -0.2) is 9.97 Å². The van der Waals surface area contributed by atoms with Crippen molar-refractivity contribution in [3.05, 3.63) is 69.6 Å². The summed E-state index contributed by atoms with van der Waals surface area (Å²) in [5.74, 6) is 1.36. The Morgan fingerprint density at radius 2 is 1.97 bits per heavy atom. The summed E-state index contributed by atoms with van der Waals surface area (Å²) >= 11 is 1.37. The molecule has 0 atom stereocenters. The number of thiazole rings is 1. The van der Waals surface area contributed by atoms with Crippen LogP contribution in [0.25, 0.3) is 22.2 Å². The standard InChI is InChI=1S/C26H26N4O3S/c1-2-14-33-19-10-7-17(8-11-19)22-16-34-26(28-22)29-24(31)18-9-12-20-21(15-18)27-23-6-4-3-5-13-30(23)25(20)32/h7-12,15-16H,2-6,13-14H2,1H3,(H,28,29,31). The fourth-order valence-electron chi connectivity index (χ4n) is 4.13. The highest BCUT2D eigenvalue weighted by molar-refractivity contribution is 7.14. The topological polar surface area (TPSA) is 86.1 Å². The van der Waals surface area contributed by atoms with E-state index in [0.29, 0.717) is 34.7 Å². The summed E-state index contributed by atoms with van der Waals surface area (Å²) in [5, 5.41) is 5.85. The SMILES string of the molecule is CCCOc1ccc(-c2csc(NC(=O)c3ccc4c(=O)n5c(nc4c3)CCCCC5)n2)cc1. The van der Waals surface area contributed by atoms with Crippen molar-refractivity contribution in [3.8, 4) is 17.0 Å². The first-order chi connectivity index (χ1) is 16.6. The van der Waals surface area contributed by atoms with E-state index in [4.69, 9.17) is 9.72 Å². The van der Waals surface area contributed by atoms with Crippen molar-refractivity contribution in [3.63, 3.8) is 0 Å². The van der Waals surface area contributed by atoms with Crippen molar-refractivity contribution in [2.24, 2.45) is 0 Å². The molecule has 1 aliphatic rings. The van der Waals surface area contributed by atoms with Crippen molar-refractivity contribution >= 4 is 33.3 Å². The Morgan fingerprint density at radius 3 is 2.79 bits per heavy atom. The first-order valence-corrected chi connectivity index (χ1v) is 12.5. The molecule has 0 aliphatic carbocycles. The predicted molar refractivity (Wildman–Crippen MR) is 135 cm³/mol. The number of hydrogen-bond acceptors (Lipinski definition) is 6. The lowest BCUT2D eigenvalue weighted by Gasteiger charge is -2.10. The summed E-state index contributed by atoms with van der Waals surface area (Å²) in [6, 6.07) is 12.8. The van der Waals surface area contributed by atoms with Gasteiger partial charge in [-0.2, -0.15) is 0 Å². The largest absolute Gasteiger partial charge is 0.494 e. The van der Waals surface area contributed by atoms with Crippen molar-refractivity contribution in [2.45, 2.75) is 45.6 Å². The maximum atomic E-state index is 12.9. The maximum absolute atomic E-state index is 12.9. The van der Waals surface area contributed by atoms with E-state index in [1.54, 1.807) is 22.8 Å². The molecule has 1 amide bonds. The second-order valence-corrected chi connectivity index (χ2v) is 9.25. The van der Waals surface area contributed by atoms with Gasteiger partial charge in [-0.05, 0) is 61.7 Å². The fourth-order valence-corrected chi connectivity index (χ4v) is 4.85. The predicted octanol–water partition coefficient (Wildman–Crippen LogP) is 5.29. The summed E-state index contributed by atoms with van der Waals surface area (Å²) in [6.45, 7) is 3.47. The zero-order valence-corrected chi connectivity index (χ0v) is 19.9. The number of carbonyl (C=O) groups is 1. The van der Waals surface area contributed by atoms with Crippen LogP contribution in [0.3, 0.4) is 0 Å². The summed E-state index contributed by atoms with van der Waals surface area (Å²) in [7, 11) is 0. The van der Waals surface area contributed by atoms with Gasteiger partial charge in [-0.1, -0.05) is 13.3 Å². The molecule has 8 heteroatoms. The highest BCUT2D eigenvalue weighted by Gasteiger charge is 2.16. The molecule has 34 heavy (non-hydrogen) atoms. The van der Waals surface area contributed by atoms with Crippen molar-refractivity contribution in [1.82, 2.24) is 14.5 Å². The summed E-state index contributed by atoms with van der Waals surface area (Å²) in [5.41, 5.74) is 2.74. The zero-order chi connectivity index (χ0) is 23.5. The average Bonchev–Trinajstić information content (AvgIpc) is 3.19. The lowest BCUT2D eigenvalue weighted by atomic mass is 10.1. The summed E-state index contributed by atoms with van der Waals surface area (Å²) in [6.07, 6.45) is 4.87. The van der Waals surface area contributed by atoms with Gasteiger partial charge in [0.25, 0.3) is 11.5 Å². The van der Waals surface area contributed by atoms with Crippen molar-refractivity contribution in [2.75, 3.05) is 11.9 Å². The summed E-state index contributed by atoms with van der Waals surface area (Å²) in [4.78, 5) is 35.1. The Hall–Kier alpha value is -3.52. The first kappa shape index (κ1) is 22.3. The monoisotopic (exact) mass is 474 g/mol. The van der Waals surface area contributed by atoms with Crippen molar-refractivity contribution in [1.29, 1.82) is 0 Å². The smallest absolute Gasteiger partial charge is 0.261 e. The van der Waals surface area contributed by atoms with Crippen LogP contribution in [0.2, 0.25) is 0 Å². The number of amides is 1. The van der Waals surface area contributed by atoms with Crippen LogP contribution in [0.1, 0.15) is 48.8 Å². The highest BCUT2D eigenvalue weighted by atomic mass is 32.1. The number of aryl methyl sites for hydroxylation is 1. The van der Waals surface area contributed by atoms with Gasteiger partial charge in [0, 0.05) is 29.5 Å². The number of carbonyl (C=O) groups excluding carboxylic acids is 1. The minimum atomic E-state index is -0.275. The van der Waals surface area contributed by atoms with Gasteiger partial charge in [0.1, 0.15) is 11.6 Å². The molecule has 0 spiro atoms. The number of fused-ring (bicyclic) bond motifs is 2. The molecule has 2 aromatic heterocycles. The third-order valence-electron chi connectivity index (χ3n) is 5.93. The van der Waals surface area contributed by atoms with Gasteiger partial charge < -0.3 is 4.74 Å². The average molecular weight is 475 g/mol. The number of hydrogen-bond donors (Lipinski definition) is 1. The van der Waals surface area contributed by atoms with Gasteiger partial charge in [-0.3, -0.25) is 19.5 Å². The van der Waals surface area contributed by atoms with Crippen LogP contribution in [0, 0.1) is 0 Å². The second-order valence-electron chi connectivity index (χ2n) is 8.39. The number of nitrogens with zero attached hydrogens (tertiary/aromatic N) is 3. The number of ether oxygens (including phenoxy) is 1. The number of anilines is 1. The zero-order valence-electron chi connectivity index (χ0n) is 19.0. The van der Waals surface area contributed by atoms with E-state index in [1.807, 2.05) is 29.6 Å². The molecule has 0 saturated carbocycles. The van der Waals surface area contributed by atoms with Gasteiger partial charge in [0.15, 0.2) is 5.13 Å². The molecule has 0 saturated heterocycles.